The molecule has 2 N–H and O–H groups in total. The van der Waals surface area contributed by atoms with Crippen LogP contribution in [0.3, 0.4) is 0 Å². The molecule has 1 aromatic heterocycles. The van der Waals surface area contributed by atoms with Gasteiger partial charge in [0.25, 0.3) is 0 Å². The second-order valence-electron chi connectivity index (χ2n) is 5.17. The maximum absolute atomic E-state index is 12.1. The van der Waals surface area contributed by atoms with Crippen LogP contribution in [0.2, 0.25) is 0 Å². The van der Waals surface area contributed by atoms with Crippen LogP contribution in [0.4, 0.5) is 5.82 Å². The minimum atomic E-state index is -0.285. The highest BCUT2D eigenvalue weighted by Crippen LogP contribution is 2.30. The predicted molar refractivity (Wildman–Crippen MR) is 80.8 cm³/mol. The van der Waals surface area contributed by atoms with Crippen LogP contribution in [-0.4, -0.2) is 22.7 Å². The molecule has 5 heteroatoms. The summed E-state index contributed by atoms with van der Waals surface area (Å²) in [6.45, 7) is 2.16. The molecule has 0 radical (unpaired) electrons. The second kappa shape index (κ2) is 7.67. The van der Waals surface area contributed by atoms with Crippen molar-refractivity contribution >= 4 is 11.8 Å². The molecule has 1 aliphatic carbocycles. The van der Waals surface area contributed by atoms with Crippen molar-refractivity contribution in [3.63, 3.8) is 0 Å². The lowest BCUT2D eigenvalue weighted by Crippen LogP contribution is -2.19. The van der Waals surface area contributed by atoms with Gasteiger partial charge in [-0.15, -0.1) is 0 Å². The molecule has 1 saturated carbocycles. The Hall–Kier alpha value is -2.04. The Balaban J connectivity index is 2.15. The fourth-order valence-electron chi connectivity index (χ4n) is 2.63. The number of hydrogen-bond donors (Lipinski definition) is 2. The Morgan fingerprint density at radius 2 is 2.24 bits per heavy atom. The number of rotatable bonds is 5. The molecule has 1 heterocycles. The van der Waals surface area contributed by atoms with Crippen molar-refractivity contribution in [3.05, 3.63) is 30.1 Å². The lowest BCUT2D eigenvalue weighted by molar-refractivity contribution is -0.139. The summed E-state index contributed by atoms with van der Waals surface area (Å²) in [5.41, 5.74) is 0.640. The second-order valence-corrected chi connectivity index (χ2v) is 5.17. The van der Waals surface area contributed by atoms with Crippen LogP contribution < -0.4 is 5.32 Å². The first-order valence-electron chi connectivity index (χ1n) is 7.50. The van der Waals surface area contributed by atoms with E-state index in [9.17, 15) is 9.90 Å². The molecule has 0 bridgehead atoms. The van der Waals surface area contributed by atoms with Crippen molar-refractivity contribution in [2.45, 2.75) is 39.0 Å². The van der Waals surface area contributed by atoms with Crippen molar-refractivity contribution < 1.29 is 14.6 Å². The Morgan fingerprint density at radius 1 is 1.48 bits per heavy atom. The van der Waals surface area contributed by atoms with Gasteiger partial charge in [0.1, 0.15) is 0 Å². The standard InChI is InChI=1S/C16H22N2O3/c1-2-21-16(20)13(12-7-4-3-5-8-12)11-18-15-14(19)9-6-10-17-15/h6,9-12,19H,2-5,7-8H2,1H3,(H,17,18)/b13-11-. The number of carbonyl (C=O) groups is 1. The third-order valence-electron chi connectivity index (χ3n) is 3.71. The van der Waals surface area contributed by atoms with Gasteiger partial charge in [-0.3, -0.25) is 0 Å². The van der Waals surface area contributed by atoms with Crippen LogP contribution in [0.25, 0.3) is 0 Å². The summed E-state index contributed by atoms with van der Waals surface area (Å²) in [5.74, 6) is 0.333. The molecule has 2 rings (SSSR count). The number of aromatic hydroxyl groups is 1. The van der Waals surface area contributed by atoms with Gasteiger partial charge in [-0.1, -0.05) is 19.3 Å². The normalized spacial score (nSPS) is 16.5. The summed E-state index contributed by atoms with van der Waals surface area (Å²) in [6, 6.07) is 3.20. The van der Waals surface area contributed by atoms with Crippen molar-refractivity contribution in [2.24, 2.45) is 5.92 Å². The number of hydrogen-bond acceptors (Lipinski definition) is 5. The number of aromatic nitrogens is 1. The molecule has 0 aromatic carbocycles. The van der Waals surface area contributed by atoms with Crippen LogP contribution in [0, 0.1) is 5.92 Å². The zero-order valence-electron chi connectivity index (χ0n) is 12.3. The van der Waals surface area contributed by atoms with Crippen LogP contribution >= 0.6 is 0 Å². The number of nitrogens with zero attached hydrogens (tertiary/aromatic N) is 1. The molecule has 1 aromatic rings. The van der Waals surface area contributed by atoms with Crippen LogP contribution in [0.5, 0.6) is 5.75 Å². The molecule has 0 unspecified atom stereocenters. The maximum Gasteiger partial charge on any atom is 0.335 e. The van der Waals surface area contributed by atoms with Crippen molar-refractivity contribution in [1.82, 2.24) is 4.98 Å². The van der Waals surface area contributed by atoms with E-state index < -0.39 is 0 Å². The Bertz CT molecular complexity index is 508. The number of ether oxygens (including phenoxy) is 1. The lowest BCUT2D eigenvalue weighted by Gasteiger charge is -2.23. The quantitative estimate of drug-likeness (QED) is 0.643. The molecule has 0 amide bonds. The molecule has 5 nitrogen and oxygen atoms in total. The minimum absolute atomic E-state index is 0.0561. The van der Waals surface area contributed by atoms with E-state index in [4.69, 9.17) is 4.74 Å². The monoisotopic (exact) mass is 290 g/mol. The first-order chi connectivity index (χ1) is 10.2. The van der Waals surface area contributed by atoms with Gasteiger partial charge in [0.05, 0.1) is 12.2 Å². The fourth-order valence-corrected chi connectivity index (χ4v) is 2.63. The van der Waals surface area contributed by atoms with E-state index in [1.807, 2.05) is 0 Å². The fraction of sp³-hybridized carbons (Fsp3) is 0.500. The van der Waals surface area contributed by atoms with Gasteiger partial charge in [0, 0.05) is 12.4 Å². The lowest BCUT2D eigenvalue weighted by atomic mass is 9.84. The highest BCUT2D eigenvalue weighted by molar-refractivity contribution is 5.89. The van der Waals surface area contributed by atoms with Gasteiger partial charge >= 0.3 is 5.97 Å². The van der Waals surface area contributed by atoms with E-state index in [1.165, 1.54) is 6.42 Å². The number of pyridine rings is 1. The average Bonchev–Trinajstić information content (AvgIpc) is 2.50. The van der Waals surface area contributed by atoms with Crippen LogP contribution in [0.1, 0.15) is 39.0 Å². The van der Waals surface area contributed by atoms with Crippen molar-refractivity contribution in [3.8, 4) is 5.75 Å². The number of esters is 1. The van der Waals surface area contributed by atoms with E-state index in [0.717, 1.165) is 25.7 Å². The summed E-state index contributed by atoms with van der Waals surface area (Å²) in [5, 5.41) is 12.6. The molecule has 0 aliphatic heterocycles. The van der Waals surface area contributed by atoms with E-state index in [-0.39, 0.29) is 17.6 Å². The third kappa shape index (κ3) is 4.21. The zero-order valence-corrected chi connectivity index (χ0v) is 12.3. The summed E-state index contributed by atoms with van der Waals surface area (Å²) in [4.78, 5) is 16.2. The van der Waals surface area contributed by atoms with E-state index in [2.05, 4.69) is 10.3 Å². The van der Waals surface area contributed by atoms with E-state index in [1.54, 1.807) is 31.5 Å². The molecular formula is C16H22N2O3. The zero-order chi connectivity index (χ0) is 15.1. The first kappa shape index (κ1) is 15.4. The Labute approximate surface area is 125 Å². The highest BCUT2D eigenvalue weighted by Gasteiger charge is 2.24. The Morgan fingerprint density at radius 3 is 2.90 bits per heavy atom. The number of carbonyl (C=O) groups excluding carboxylic acids is 1. The topological polar surface area (TPSA) is 71.5 Å². The van der Waals surface area contributed by atoms with Crippen LogP contribution in [0.15, 0.2) is 30.1 Å². The largest absolute Gasteiger partial charge is 0.504 e. The highest BCUT2D eigenvalue weighted by atomic mass is 16.5. The van der Waals surface area contributed by atoms with Gasteiger partial charge in [-0.2, -0.15) is 0 Å². The van der Waals surface area contributed by atoms with Gasteiger partial charge in [0.15, 0.2) is 11.6 Å². The van der Waals surface area contributed by atoms with E-state index in [0.29, 0.717) is 18.0 Å². The van der Waals surface area contributed by atoms with Gasteiger partial charge in [-0.05, 0) is 37.8 Å². The smallest absolute Gasteiger partial charge is 0.335 e. The average molecular weight is 290 g/mol. The molecule has 0 spiro atoms. The first-order valence-corrected chi connectivity index (χ1v) is 7.50. The van der Waals surface area contributed by atoms with Crippen molar-refractivity contribution in [2.75, 3.05) is 11.9 Å². The number of anilines is 1. The van der Waals surface area contributed by atoms with E-state index >= 15 is 0 Å². The van der Waals surface area contributed by atoms with Crippen molar-refractivity contribution in [1.29, 1.82) is 0 Å². The SMILES string of the molecule is CCOC(=O)/C(=C\Nc1ncccc1O)C1CCCCC1. The third-order valence-corrected chi connectivity index (χ3v) is 3.71. The molecule has 1 aliphatic rings. The maximum atomic E-state index is 12.1. The summed E-state index contributed by atoms with van der Waals surface area (Å²) in [6.07, 6.45) is 8.71. The van der Waals surface area contributed by atoms with Gasteiger partial charge in [-0.25, -0.2) is 9.78 Å². The molecular weight excluding hydrogens is 268 g/mol. The van der Waals surface area contributed by atoms with Gasteiger partial charge < -0.3 is 15.2 Å². The molecule has 21 heavy (non-hydrogen) atoms. The molecule has 0 atom stereocenters. The minimum Gasteiger partial charge on any atom is -0.504 e. The molecule has 114 valence electrons. The van der Waals surface area contributed by atoms with Gasteiger partial charge in [0.2, 0.25) is 0 Å². The Kier molecular flexibility index (Phi) is 5.60. The summed E-state index contributed by atoms with van der Waals surface area (Å²) in [7, 11) is 0. The predicted octanol–water partition coefficient (Wildman–Crippen LogP) is 3.23. The summed E-state index contributed by atoms with van der Waals surface area (Å²) >= 11 is 0. The number of nitrogens with one attached hydrogen (secondary N) is 1. The molecule has 1 fully saturated rings. The molecule has 0 saturated heterocycles. The van der Waals surface area contributed by atoms with Crippen LogP contribution in [-0.2, 0) is 9.53 Å². The summed E-state index contributed by atoms with van der Waals surface area (Å²) < 4.78 is 5.15.